The Labute approximate surface area is 301 Å². The molecule has 284 valence electrons. The van der Waals surface area contributed by atoms with Gasteiger partial charge >= 0.3 is 0 Å². The molecule has 49 heavy (non-hydrogen) atoms. The predicted octanol–water partition coefficient (Wildman–Crippen LogP) is 7.03. The summed E-state index contributed by atoms with van der Waals surface area (Å²) in [5.41, 5.74) is -0.246. The lowest BCUT2D eigenvalue weighted by atomic mass is 9.78. The molecule has 0 bridgehead atoms. The van der Waals surface area contributed by atoms with Crippen LogP contribution in [0.15, 0.2) is 0 Å². The van der Waals surface area contributed by atoms with Crippen LogP contribution >= 0.6 is 0 Å². The number of aromatic nitrogens is 3. The van der Waals surface area contributed by atoms with Gasteiger partial charge in [0.15, 0.2) is 0 Å². The van der Waals surface area contributed by atoms with E-state index in [-0.39, 0.29) is 28.2 Å². The van der Waals surface area contributed by atoms with E-state index in [2.05, 4.69) is 96.2 Å². The first kappa shape index (κ1) is 41.6. The van der Waals surface area contributed by atoms with Gasteiger partial charge in [-0.3, -0.25) is 9.68 Å². The number of nitrogens with zero attached hydrogens (tertiary/aromatic N) is 9. The Bertz CT molecular complexity index is 1090. The van der Waals surface area contributed by atoms with E-state index in [4.69, 9.17) is 24.6 Å². The number of unbranched alkanes of at least 4 members (excludes halogenated alkanes) is 3. The van der Waals surface area contributed by atoms with Gasteiger partial charge in [-0.1, -0.05) is 26.7 Å². The molecule has 11 heteroatoms. The Hall–Kier alpha value is -1.79. The summed E-state index contributed by atoms with van der Waals surface area (Å²) >= 11 is 0. The minimum Gasteiger partial charge on any atom is -0.347 e. The summed E-state index contributed by atoms with van der Waals surface area (Å²) in [6, 6.07) is 0.838. The molecule has 0 amide bonds. The summed E-state index contributed by atoms with van der Waals surface area (Å²) in [7, 11) is 10.3. The van der Waals surface area contributed by atoms with Crippen LogP contribution in [0.3, 0.4) is 0 Å². The lowest BCUT2D eigenvalue weighted by Crippen LogP contribution is -2.64. The molecule has 0 spiro atoms. The number of anilines is 3. The van der Waals surface area contributed by atoms with E-state index in [1.807, 2.05) is 38.0 Å². The van der Waals surface area contributed by atoms with Crippen molar-refractivity contribution in [1.29, 1.82) is 0 Å². The van der Waals surface area contributed by atoms with Crippen molar-refractivity contribution in [2.45, 2.75) is 168 Å². The molecule has 0 radical (unpaired) electrons. The van der Waals surface area contributed by atoms with Crippen LogP contribution in [-0.2, 0) is 9.68 Å². The van der Waals surface area contributed by atoms with Crippen molar-refractivity contribution < 1.29 is 9.68 Å². The highest BCUT2D eigenvalue weighted by Crippen LogP contribution is 2.42. The third-order valence-electron chi connectivity index (χ3n) is 10.4. The molecule has 3 rings (SSSR count). The van der Waals surface area contributed by atoms with Gasteiger partial charge in [-0.05, 0) is 120 Å². The van der Waals surface area contributed by atoms with E-state index in [1.54, 1.807) is 0 Å². The molecule has 0 unspecified atom stereocenters. The molecule has 2 aliphatic heterocycles. The van der Waals surface area contributed by atoms with Gasteiger partial charge in [0.25, 0.3) is 0 Å². The number of hydroxylamine groups is 4. The third-order valence-corrected chi connectivity index (χ3v) is 10.4. The molecule has 0 aromatic carbocycles. The standard InChI is InChI=1S/C38H75N9O2/c1-16-24-48-46-35(3,4)26-30(27-36(46,5)6)44(15)22-20-18-19-21-23-45(34-40-32(42(11)12)39-33(41-34)43(13)14)31-28-37(7,8)47(49-25-17-2)38(9,10)29-31/h30-31H,16-29H2,1-15H3. The van der Waals surface area contributed by atoms with Crippen LogP contribution in [0.25, 0.3) is 0 Å². The van der Waals surface area contributed by atoms with Gasteiger partial charge < -0.3 is 19.6 Å². The fourth-order valence-corrected chi connectivity index (χ4v) is 8.51. The molecule has 0 atom stereocenters. The Morgan fingerprint density at radius 2 is 0.918 bits per heavy atom. The molecular weight excluding hydrogens is 614 g/mol. The lowest BCUT2D eigenvalue weighted by Gasteiger charge is -2.55. The molecular formula is C38H75N9O2. The Balaban J connectivity index is 1.69. The molecule has 2 aliphatic rings. The minimum atomic E-state index is -0.131. The van der Waals surface area contributed by atoms with Crippen LogP contribution in [0.2, 0.25) is 0 Å². The highest BCUT2D eigenvalue weighted by molar-refractivity contribution is 5.46. The van der Waals surface area contributed by atoms with Crippen LogP contribution in [0, 0.1) is 0 Å². The molecule has 2 saturated heterocycles. The summed E-state index contributed by atoms with van der Waals surface area (Å²) in [6.45, 7) is 26.6. The van der Waals surface area contributed by atoms with E-state index in [0.717, 1.165) is 77.2 Å². The van der Waals surface area contributed by atoms with Gasteiger partial charge in [0.05, 0.1) is 13.2 Å². The SMILES string of the molecule is CCCON1C(C)(C)CC(N(C)CCCCCCN(c2nc(N(C)C)nc(N(C)C)n2)C2CC(C)(C)N(OCCC)C(C)(C)C2)CC1(C)C. The second-order valence-corrected chi connectivity index (χ2v) is 17.7. The van der Waals surface area contributed by atoms with Crippen molar-refractivity contribution in [1.82, 2.24) is 30.0 Å². The Morgan fingerprint density at radius 3 is 1.31 bits per heavy atom. The molecule has 0 saturated carbocycles. The molecule has 1 aromatic heterocycles. The summed E-state index contributed by atoms with van der Waals surface area (Å²) in [6.07, 6.45) is 10.9. The van der Waals surface area contributed by atoms with E-state index >= 15 is 0 Å². The Kier molecular flexibility index (Phi) is 14.6. The number of rotatable bonds is 18. The van der Waals surface area contributed by atoms with E-state index < -0.39 is 0 Å². The summed E-state index contributed by atoms with van der Waals surface area (Å²) in [5.74, 6) is 2.16. The first-order chi connectivity index (χ1) is 22.8. The molecule has 0 aliphatic carbocycles. The second kappa shape index (κ2) is 17.2. The van der Waals surface area contributed by atoms with Crippen LogP contribution in [0.5, 0.6) is 0 Å². The maximum absolute atomic E-state index is 6.38. The first-order valence-electron chi connectivity index (χ1n) is 19.2. The van der Waals surface area contributed by atoms with Crippen molar-refractivity contribution >= 4 is 17.8 Å². The second-order valence-electron chi connectivity index (χ2n) is 17.7. The highest BCUT2D eigenvalue weighted by atomic mass is 16.7. The predicted molar refractivity (Wildman–Crippen MR) is 205 cm³/mol. The van der Waals surface area contributed by atoms with Crippen molar-refractivity contribution in [3.05, 3.63) is 0 Å². The van der Waals surface area contributed by atoms with Crippen molar-refractivity contribution in [2.24, 2.45) is 0 Å². The summed E-state index contributed by atoms with van der Waals surface area (Å²) < 4.78 is 0. The van der Waals surface area contributed by atoms with Gasteiger partial charge in [0, 0.05) is 69.0 Å². The van der Waals surface area contributed by atoms with Crippen molar-refractivity contribution in [2.75, 3.05) is 76.2 Å². The van der Waals surface area contributed by atoms with Crippen LogP contribution < -0.4 is 14.7 Å². The van der Waals surface area contributed by atoms with Gasteiger partial charge in [-0.15, -0.1) is 0 Å². The van der Waals surface area contributed by atoms with E-state index in [9.17, 15) is 0 Å². The van der Waals surface area contributed by atoms with Crippen molar-refractivity contribution in [3.63, 3.8) is 0 Å². The number of piperidine rings is 2. The number of hydrogen-bond donors (Lipinski definition) is 0. The maximum Gasteiger partial charge on any atom is 0.232 e. The molecule has 3 heterocycles. The van der Waals surface area contributed by atoms with E-state index in [1.165, 1.54) is 19.3 Å². The van der Waals surface area contributed by atoms with Gasteiger partial charge in [0.2, 0.25) is 17.8 Å². The topological polar surface area (TPSA) is 76.6 Å². The first-order valence-corrected chi connectivity index (χ1v) is 19.2. The quantitative estimate of drug-likeness (QED) is 0.149. The van der Waals surface area contributed by atoms with Gasteiger partial charge in [-0.25, -0.2) is 0 Å². The van der Waals surface area contributed by atoms with E-state index in [0.29, 0.717) is 17.9 Å². The smallest absolute Gasteiger partial charge is 0.232 e. The third kappa shape index (κ3) is 10.9. The van der Waals surface area contributed by atoms with Crippen molar-refractivity contribution in [3.8, 4) is 0 Å². The molecule has 0 N–H and O–H groups in total. The average molecular weight is 690 g/mol. The average Bonchev–Trinajstić information content (AvgIpc) is 2.98. The van der Waals surface area contributed by atoms with Crippen LogP contribution in [0.1, 0.15) is 133 Å². The zero-order valence-electron chi connectivity index (χ0n) is 34.4. The fraction of sp³-hybridized carbons (Fsp3) is 0.921. The fourth-order valence-electron chi connectivity index (χ4n) is 8.51. The maximum atomic E-state index is 6.38. The molecule has 2 fully saturated rings. The monoisotopic (exact) mass is 690 g/mol. The zero-order valence-corrected chi connectivity index (χ0v) is 34.4. The normalized spacial score (nSPS) is 21.3. The zero-order chi connectivity index (χ0) is 36.8. The molecule has 11 nitrogen and oxygen atoms in total. The van der Waals surface area contributed by atoms with Crippen LogP contribution in [0.4, 0.5) is 17.8 Å². The Morgan fingerprint density at radius 1 is 0.551 bits per heavy atom. The summed E-state index contributed by atoms with van der Waals surface area (Å²) in [4.78, 5) is 36.5. The van der Waals surface area contributed by atoms with Crippen LogP contribution in [-0.4, -0.2) is 126 Å². The minimum absolute atomic E-state index is 0.00857. The largest absolute Gasteiger partial charge is 0.347 e. The lowest BCUT2D eigenvalue weighted by molar-refractivity contribution is -0.287. The highest BCUT2D eigenvalue weighted by Gasteiger charge is 2.49. The number of hydrogen-bond acceptors (Lipinski definition) is 11. The molecule has 1 aromatic rings. The van der Waals surface area contributed by atoms with Gasteiger partial charge in [0.1, 0.15) is 0 Å². The summed E-state index contributed by atoms with van der Waals surface area (Å²) in [5, 5.41) is 4.56. The van der Waals surface area contributed by atoms with Gasteiger partial charge in [-0.2, -0.15) is 25.1 Å².